The van der Waals surface area contributed by atoms with E-state index < -0.39 is 4.92 Å². The number of nitrogens with two attached hydrogens (primary N) is 1. The molecule has 0 fully saturated rings. The topological polar surface area (TPSA) is 94.9 Å². The molecule has 20 heavy (non-hydrogen) atoms. The number of nitro benzene ring substituents is 1. The summed E-state index contributed by atoms with van der Waals surface area (Å²) < 4.78 is 0. The molecule has 1 aromatic carbocycles. The number of hydrogen-bond acceptors (Lipinski definition) is 5. The van der Waals surface area contributed by atoms with Gasteiger partial charge in [0.05, 0.1) is 10.5 Å². The predicted molar refractivity (Wildman–Crippen MR) is 74.0 cm³/mol. The number of aromatic nitrogens is 2. The highest BCUT2D eigenvalue weighted by Gasteiger charge is 2.22. The third kappa shape index (κ3) is 2.14. The summed E-state index contributed by atoms with van der Waals surface area (Å²) in [5.41, 5.74) is 8.36. The SMILES string of the molecule is NC1CCCc2nc(-c3ccccc3[N+](=O)[O-])ncc21. The Bertz CT molecular complexity index is 672. The van der Waals surface area contributed by atoms with E-state index in [0.717, 1.165) is 30.5 Å². The number of hydrogen-bond donors (Lipinski definition) is 1. The van der Waals surface area contributed by atoms with Crippen LogP contribution in [0, 0.1) is 10.1 Å². The molecule has 0 spiro atoms. The average molecular weight is 270 g/mol. The first-order chi connectivity index (χ1) is 9.66. The van der Waals surface area contributed by atoms with E-state index in [4.69, 9.17) is 5.73 Å². The zero-order valence-electron chi connectivity index (χ0n) is 10.8. The minimum Gasteiger partial charge on any atom is -0.324 e. The lowest BCUT2D eigenvalue weighted by molar-refractivity contribution is -0.384. The molecule has 0 aliphatic heterocycles. The lowest BCUT2D eigenvalue weighted by Gasteiger charge is -2.20. The molecular formula is C14H14N4O2. The molecule has 1 aliphatic rings. The van der Waals surface area contributed by atoms with Gasteiger partial charge in [-0.15, -0.1) is 0 Å². The van der Waals surface area contributed by atoms with Crippen LogP contribution in [0.1, 0.15) is 30.1 Å². The van der Waals surface area contributed by atoms with Gasteiger partial charge in [0.2, 0.25) is 0 Å². The van der Waals surface area contributed by atoms with Crippen LogP contribution in [0.5, 0.6) is 0 Å². The maximum atomic E-state index is 11.1. The molecular weight excluding hydrogens is 256 g/mol. The Morgan fingerprint density at radius 2 is 2.15 bits per heavy atom. The van der Waals surface area contributed by atoms with Crippen LogP contribution in [0.25, 0.3) is 11.4 Å². The molecule has 0 saturated carbocycles. The summed E-state index contributed by atoms with van der Waals surface area (Å²) in [5, 5.41) is 11.1. The number of para-hydroxylation sites is 1. The fourth-order valence-corrected chi connectivity index (χ4v) is 2.53. The largest absolute Gasteiger partial charge is 0.324 e. The fraction of sp³-hybridized carbons (Fsp3) is 0.286. The number of nitro groups is 1. The average Bonchev–Trinajstić information content (AvgIpc) is 2.47. The van der Waals surface area contributed by atoms with Crippen molar-refractivity contribution in [2.75, 3.05) is 0 Å². The molecule has 1 aromatic heterocycles. The van der Waals surface area contributed by atoms with Crippen molar-refractivity contribution < 1.29 is 4.92 Å². The molecule has 0 bridgehead atoms. The van der Waals surface area contributed by atoms with Crippen molar-refractivity contribution >= 4 is 5.69 Å². The molecule has 1 unspecified atom stereocenters. The smallest absolute Gasteiger partial charge is 0.280 e. The first-order valence-electron chi connectivity index (χ1n) is 6.52. The summed E-state index contributed by atoms with van der Waals surface area (Å²) in [6.45, 7) is 0. The second kappa shape index (κ2) is 4.97. The van der Waals surface area contributed by atoms with E-state index in [1.807, 2.05) is 0 Å². The van der Waals surface area contributed by atoms with Crippen LogP contribution in [-0.4, -0.2) is 14.9 Å². The van der Waals surface area contributed by atoms with Crippen molar-refractivity contribution in [3.8, 4) is 11.4 Å². The van der Waals surface area contributed by atoms with Crippen molar-refractivity contribution in [1.82, 2.24) is 9.97 Å². The summed E-state index contributed by atoms with van der Waals surface area (Å²) in [6.07, 6.45) is 4.47. The molecule has 1 atom stereocenters. The van der Waals surface area contributed by atoms with Gasteiger partial charge in [0.25, 0.3) is 5.69 Å². The fourth-order valence-electron chi connectivity index (χ4n) is 2.53. The van der Waals surface area contributed by atoms with Crippen LogP contribution in [0.2, 0.25) is 0 Å². The highest BCUT2D eigenvalue weighted by Crippen LogP contribution is 2.30. The van der Waals surface area contributed by atoms with Crippen LogP contribution in [-0.2, 0) is 6.42 Å². The first-order valence-corrected chi connectivity index (χ1v) is 6.52. The summed E-state index contributed by atoms with van der Waals surface area (Å²) in [4.78, 5) is 19.4. The number of rotatable bonds is 2. The Labute approximate surface area is 115 Å². The van der Waals surface area contributed by atoms with Crippen molar-refractivity contribution in [2.24, 2.45) is 5.73 Å². The van der Waals surface area contributed by atoms with Crippen molar-refractivity contribution in [2.45, 2.75) is 25.3 Å². The van der Waals surface area contributed by atoms with Crippen molar-refractivity contribution in [1.29, 1.82) is 0 Å². The molecule has 1 aliphatic carbocycles. The molecule has 1 heterocycles. The molecule has 6 nitrogen and oxygen atoms in total. The van der Waals surface area contributed by atoms with Gasteiger partial charge in [-0.25, -0.2) is 9.97 Å². The van der Waals surface area contributed by atoms with Gasteiger partial charge in [-0.1, -0.05) is 12.1 Å². The van der Waals surface area contributed by atoms with Crippen LogP contribution < -0.4 is 5.73 Å². The van der Waals surface area contributed by atoms with Crippen molar-refractivity contribution in [3.63, 3.8) is 0 Å². The van der Waals surface area contributed by atoms with Crippen LogP contribution in [0.3, 0.4) is 0 Å². The minimum atomic E-state index is -0.413. The second-order valence-corrected chi connectivity index (χ2v) is 4.87. The highest BCUT2D eigenvalue weighted by molar-refractivity contribution is 5.67. The lowest BCUT2D eigenvalue weighted by atomic mass is 9.93. The van der Waals surface area contributed by atoms with Gasteiger partial charge in [0.15, 0.2) is 5.82 Å². The molecule has 0 saturated heterocycles. The predicted octanol–water partition coefficient (Wildman–Crippen LogP) is 2.39. The molecule has 0 radical (unpaired) electrons. The van der Waals surface area contributed by atoms with Gasteiger partial charge in [-0.05, 0) is 25.3 Å². The number of aryl methyl sites for hydroxylation is 1. The molecule has 2 aromatic rings. The van der Waals surface area contributed by atoms with E-state index in [0.29, 0.717) is 11.4 Å². The zero-order valence-corrected chi connectivity index (χ0v) is 10.8. The molecule has 2 N–H and O–H groups in total. The van der Waals surface area contributed by atoms with Gasteiger partial charge in [-0.3, -0.25) is 10.1 Å². The number of fused-ring (bicyclic) bond motifs is 1. The summed E-state index contributed by atoms with van der Waals surface area (Å²) in [6, 6.07) is 6.48. The monoisotopic (exact) mass is 270 g/mol. The molecule has 0 amide bonds. The van der Waals surface area contributed by atoms with Crippen molar-refractivity contribution in [3.05, 3.63) is 51.8 Å². The Kier molecular flexibility index (Phi) is 3.15. The Morgan fingerprint density at radius 1 is 1.35 bits per heavy atom. The second-order valence-electron chi connectivity index (χ2n) is 4.87. The van der Waals surface area contributed by atoms with Gasteiger partial charge >= 0.3 is 0 Å². The summed E-state index contributed by atoms with van der Waals surface area (Å²) in [7, 11) is 0. The third-order valence-electron chi connectivity index (χ3n) is 3.57. The number of nitrogens with zero attached hydrogens (tertiary/aromatic N) is 3. The quantitative estimate of drug-likeness (QED) is 0.667. The van der Waals surface area contributed by atoms with E-state index in [-0.39, 0.29) is 11.7 Å². The standard InChI is InChI=1S/C14H14N4O2/c15-11-5-3-6-12-10(11)8-16-14(17-12)9-4-1-2-7-13(9)18(19)20/h1-2,4,7-8,11H,3,5-6,15H2. The van der Waals surface area contributed by atoms with E-state index >= 15 is 0 Å². The summed E-state index contributed by atoms with van der Waals surface area (Å²) >= 11 is 0. The Morgan fingerprint density at radius 3 is 2.95 bits per heavy atom. The summed E-state index contributed by atoms with van der Waals surface area (Å²) in [5.74, 6) is 0.394. The maximum absolute atomic E-state index is 11.1. The Hall–Kier alpha value is -2.34. The number of benzene rings is 1. The van der Waals surface area contributed by atoms with Gasteiger partial charge < -0.3 is 5.73 Å². The van der Waals surface area contributed by atoms with Gasteiger partial charge in [-0.2, -0.15) is 0 Å². The van der Waals surface area contributed by atoms with Gasteiger partial charge in [0.1, 0.15) is 0 Å². The molecule has 102 valence electrons. The van der Waals surface area contributed by atoms with E-state index in [9.17, 15) is 10.1 Å². The third-order valence-corrected chi connectivity index (χ3v) is 3.57. The first kappa shape index (κ1) is 12.7. The molecule has 6 heteroatoms. The van der Waals surface area contributed by atoms with E-state index in [2.05, 4.69) is 9.97 Å². The van der Waals surface area contributed by atoms with Crippen LogP contribution in [0.4, 0.5) is 5.69 Å². The maximum Gasteiger partial charge on any atom is 0.280 e. The van der Waals surface area contributed by atoms with Crippen LogP contribution in [0.15, 0.2) is 30.5 Å². The highest BCUT2D eigenvalue weighted by atomic mass is 16.6. The van der Waals surface area contributed by atoms with Gasteiger partial charge in [0, 0.05) is 29.6 Å². The molecule has 3 rings (SSSR count). The minimum absolute atomic E-state index is 0.0209. The Balaban J connectivity index is 2.10. The lowest BCUT2D eigenvalue weighted by Crippen LogP contribution is -2.19. The van der Waals surface area contributed by atoms with Crippen LogP contribution >= 0.6 is 0 Å². The van der Waals surface area contributed by atoms with E-state index in [1.54, 1.807) is 24.4 Å². The normalized spacial score (nSPS) is 17.6. The van der Waals surface area contributed by atoms with E-state index in [1.165, 1.54) is 6.07 Å². The zero-order chi connectivity index (χ0) is 14.1.